The molecule has 6 nitrogen and oxygen atoms in total. The molecule has 0 aromatic heterocycles. The van der Waals surface area contributed by atoms with Crippen molar-refractivity contribution in [3.8, 4) is 23.0 Å². The zero-order valence-corrected chi connectivity index (χ0v) is 13.2. The number of hydrogen-bond acceptors (Lipinski definition) is 5. The van der Waals surface area contributed by atoms with Crippen LogP contribution in [0, 0.1) is 0 Å². The van der Waals surface area contributed by atoms with Gasteiger partial charge in [-0.1, -0.05) is 0 Å². The Balaban J connectivity index is 1.86. The third-order valence-corrected chi connectivity index (χ3v) is 3.41. The largest absolute Gasteiger partial charge is 0.478 e. The Bertz CT molecular complexity index is 890. The van der Waals surface area contributed by atoms with Gasteiger partial charge in [-0.25, -0.2) is 4.79 Å². The molecule has 0 radical (unpaired) electrons. The van der Waals surface area contributed by atoms with Gasteiger partial charge in [0.1, 0.15) is 28.6 Å². The minimum Gasteiger partial charge on any atom is -0.478 e. The maximum Gasteiger partial charge on any atom is 0.339 e. The molecule has 5 N–H and O–H groups in total. The van der Waals surface area contributed by atoms with Crippen LogP contribution in [0.2, 0.25) is 0 Å². The lowest BCUT2D eigenvalue weighted by Gasteiger charge is -2.11. The molecule has 6 heteroatoms. The first-order valence-electron chi connectivity index (χ1n) is 7.45. The molecule has 0 aliphatic rings. The summed E-state index contributed by atoms with van der Waals surface area (Å²) in [5.74, 6) is 0.517. The highest BCUT2D eigenvalue weighted by Crippen LogP contribution is 2.31. The van der Waals surface area contributed by atoms with Crippen molar-refractivity contribution in [1.82, 2.24) is 0 Å². The average molecular weight is 336 g/mol. The van der Waals surface area contributed by atoms with E-state index in [0.717, 1.165) is 0 Å². The van der Waals surface area contributed by atoms with Crippen molar-refractivity contribution >= 4 is 17.3 Å². The van der Waals surface area contributed by atoms with E-state index in [1.54, 1.807) is 60.7 Å². The van der Waals surface area contributed by atoms with E-state index >= 15 is 0 Å². The number of hydrogen-bond donors (Lipinski definition) is 3. The fourth-order valence-corrected chi connectivity index (χ4v) is 2.16. The topological polar surface area (TPSA) is 108 Å². The highest BCUT2D eigenvalue weighted by atomic mass is 16.5. The Kier molecular flexibility index (Phi) is 4.43. The second kappa shape index (κ2) is 6.84. The van der Waals surface area contributed by atoms with E-state index in [-0.39, 0.29) is 11.3 Å². The zero-order valence-electron chi connectivity index (χ0n) is 13.2. The number of nitrogens with two attached hydrogens (primary N) is 2. The summed E-state index contributed by atoms with van der Waals surface area (Å²) < 4.78 is 11.3. The first-order valence-corrected chi connectivity index (χ1v) is 7.45. The number of carbonyl (C=O) groups is 1. The van der Waals surface area contributed by atoms with Crippen LogP contribution in [-0.4, -0.2) is 11.1 Å². The van der Waals surface area contributed by atoms with E-state index in [2.05, 4.69) is 0 Å². The fraction of sp³-hybridized carbons (Fsp3) is 0. The highest BCUT2D eigenvalue weighted by Gasteiger charge is 2.14. The molecule has 0 aliphatic heterocycles. The molecular formula is C19H16N2O4. The van der Waals surface area contributed by atoms with Crippen molar-refractivity contribution in [2.45, 2.75) is 0 Å². The molecule has 0 heterocycles. The molecule has 0 saturated carbocycles. The van der Waals surface area contributed by atoms with Crippen LogP contribution in [0.1, 0.15) is 10.4 Å². The number of carboxylic acid groups (broad SMARTS) is 1. The van der Waals surface area contributed by atoms with Crippen LogP contribution in [0.4, 0.5) is 11.4 Å². The van der Waals surface area contributed by atoms with Crippen molar-refractivity contribution in [3.63, 3.8) is 0 Å². The number of aromatic carboxylic acids is 1. The maximum atomic E-state index is 11.5. The molecule has 3 aromatic carbocycles. The van der Waals surface area contributed by atoms with E-state index in [0.29, 0.717) is 28.6 Å². The lowest BCUT2D eigenvalue weighted by Crippen LogP contribution is -2.01. The number of benzene rings is 3. The molecule has 0 unspecified atom stereocenters. The molecule has 3 aromatic rings. The quantitative estimate of drug-likeness (QED) is 0.605. The highest BCUT2D eigenvalue weighted by molar-refractivity contribution is 5.91. The van der Waals surface area contributed by atoms with Crippen molar-refractivity contribution in [3.05, 3.63) is 72.3 Å². The molecule has 0 atom stereocenters. The van der Waals surface area contributed by atoms with Crippen molar-refractivity contribution in [1.29, 1.82) is 0 Å². The van der Waals surface area contributed by atoms with E-state index in [1.165, 1.54) is 6.07 Å². The zero-order chi connectivity index (χ0) is 17.8. The molecule has 0 amide bonds. The summed E-state index contributed by atoms with van der Waals surface area (Å²) in [6.45, 7) is 0. The van der Waals surface area contributed by atoms with Crippen LogP contribution in [0.5, 0.6) is 23.0 Å². The van der Waals surface area contributed by atoms with Crippen LogP contribution in [-0.2, 0) is 0 Å². The second-order valence-corrected chi connectivity index (χ2v) is 5.31. The summed E-state index contributed by atoms with van der Waals surface area (Å²) >= 11 is 0. The Morgan fingerprint density at radius 2 is 1.20 bits per heavy atom. The van der Waals surface area contributed by atoms with E-state index < -0.39 is 5.97 Å². The van der Waals surface area contributed by atoms with Gasteiger partial charge in [0.05, 0.1) is 0 Å². The minimum absolute atomic E-state index is 0.00947. The standard InChI is InChI=1S/C19H16N2O4/c20-12-1-5-14(6-2-12)24-16-9-10-18(17(11-16)19(22)23)25-15-7-3-13(21)4-8-15/h1-11H,20-21H2,(H,22,23). The SMILES string of the molecule is Nc1ccc(Oc2ccc(Oc3ccc(N)cc3)c(C(=O)O)c2)cc1. The Hall–Kier alpha value is -3.67. The summed E-state index contributed by atoms with van der Waals surface area (Å²) in [5.41, 5.74) is 12.5. The van der Waals surface area contributed by atoms with Crippen molar-refractivity contribution in [2.24, 2.45) is 0 Å². The van der Waals surface area contributed by atoms with Crippen LogP contribution >= 0.6 is 0 Å². The van der Waals surface area contributed by atoms with E-state index in [4.69, 9.17) is 20.9 Å². The number of rotatable bonds is 5. The van der Waals surface area contributed by atoms with Gasteiger partial charge < -0.3 is 26.0 Å². The third kappa shape index (κ3) is 4.00. The van der Waals surface area contributed by atoms with Crippen molar-refractivity contribution in [2.75, 3.05) is 11.5 Å². The summed E-state index contributed by atoms with van der Waals surface area (Å²) in [7, 11) is 0. The maximum absolute atomic E-state index is 11.5. The van der Waals surface area contributed by atoms with Gasteiger partial charge in [-0.3, -0.25) is 0 Å². The van der Waals surface area contributed by atoms with Crippen LogP contribution in [0.15, 0.2) is 66.7 Å². The van der Waals surface area contributed by atoms with Crippen LogP contribution in [0.3, 0.4) is 0 Å². The Labute approximate surface area is 144 Å². The molecule has 25 heavy (non-hydrogen) atoms. The molecule has 0 saturated heterocycles. The summed E-state index contributed by atoms with van der Waals surface area (Å²) in [6.07, 6.45) is 0. The van der Waals surface area contributed by atoms with Crippen molar-refractivity contribution < 1.29 is 19.4 Å². The lowest BCUT2D eigenvalue weighted by molar-refractivity contribution is 0.0694. The predicted molar refractivity (Wildman–Crippen MR) is 95.3 cm³/mol. The second-order valence-electron chi connectivity index (χ2n) is 5.31. The molecule has 0 bridgehead atoms. The average Bonchev–Trinajstić information content (AvgIpc) is 2.60. The molecule has 0 spiro atoms. The van der Waals surface area contributed by atoms with Gasteiger partial charge in [0, 0.05) is 11.4 Å². The van der Waals surface area contributed by atoms with E-state index in [1.807, 2.05) is 0 Å². The number of nitrogen functional groups attached to an aromatic ring is 2. The van der Waals surface area contributed by atoms with Gasteiger partial charge in [-0.05, 0) is 66.7 Å². The van der Waals surface area contributed by atoms with Gasteiger partial charge in [-0.2, -0.15) is 0 Å². The monoisotopic (exact) mass is 336 g/mol. The summed E-state index contributed by atoms with van der Waals surface area (Å²) in [4.78, 5) is 11.5. The molecule has 0 aliphatic carbocycles. The van der Waals surface area contributed by atoms with Gasteiger partial charge in [0.15, 0.2) is 0 Å². The predicted octanol–water partition coefficient (Wildman–Crippen LogP) is 4.13. The molecule has 126 valence electrons. The molecule has 0 fully saturated rings. The van der Waals surface area contributed by atoms with Crippen LogP contribution in [0.25, 0.3) is 0 Å². The Morgan fingerprint density at radius 1 is 0.720 bits per heavy atom. The number of anilines is 2. The third-order valence-electron chi connectivity index (χ3n) is 3.41. The van der Waals surface area contributed by atoms with Gasteiger partial charge >= 0.3 is 5.97 Å². The Morgan fingerprint density at radius 3 is 1.72 bits per heavy atom. The van der Waals surface area contributed by atoms with Crippen LogP contribution < -0.4 is 20.9 Å². The lowest BCUT2D eigenvalue weighted by atomic mass is 10.2. The summed E-state index contributed by atoms with van der Waals surface area (Å²) in [5, 5.41) is 9.44. The van der Waals surface area contributed by atoms with Gasteiger partial charge in [-0.15, -0.1) is 0 Å². The normalized spacial score (nSPS) is 10.2. The van der Waals surface area contributed by atoms with Gasteiger partial charge in [0.2, 0.25) is 0 Å². The van der Waals surface area contributed by atoms with Gasteiger partial charge in [0.25, 0.3) is 0 Å². The molecular weight excluding hydrogens is 320 g/mol. The fourth-order valence-electron chi connectivity index (χ4n) is 2.16. The van der Waals surface area contributed by atoms with E-state index in [9.17, 15) is 9.90 Å². The first-order chi connectivity index (χ1) is 12.0. The first kappa shape index (κ1) is 16.2. The number of carboxylic acids is 1. The smallest absolute Gasteiger partial charge is 0.339 e. The molecule has 3 rings (SSSR count). The number of ether oxygens (including phenoxy) is 2. The summed E-state index contributed by atoms with van der Waals surface area (Å²) in [6, 6.07) is 18.1. The minimum atomic E-state index is -1.12.